The Hall–Kier alpha value is -1.11. The van der Waals surface area contributed by atoms with Crippen LogP contribution in [0.1, 0.15) is 51.5 Å². The Balaban J connectivity index is 1.78. The van der Waals surface area contributed by atoms with Gasteiger partial charge in [0.15, 0.2) is 9.84 Å². The Bertz CT molecular complexity index is 658. The number of benzene rings is 1. The van der Waals surface area contributed by atoms with Gasteiger partial charge in [-0.1, -0.05) is 25.0 Å². The number of nitrogens with zero attached hydrogens (tertiary/aromatic N) is 1. The van der Waals surface area contributed by atoms with Crippen molar-refractivity contribution < 1.29 is 18.6 Å². The molecule has 6 heteroatoms. The second-order valence-corrected chi connectivity index (χ2v) is 11.0. The van der Waals surface area contributed by atoms with Gasteiger partial charge >= 0.3 is 0 Å². The summed E-state index contributed by atoms with van der Waals surface area (Å²) in [4.78, 5) is 1.98. The van der Waals surface area contributed by atoms with E-state index in [1.54, 1.807) is 13.8 Å². The van der Waals surface area contributed by atoms with E-state index in [2.05, 4.69) is 24.3 Å². The molecule has 0 atom stereocenters. The smallest absolute Gasteiger partial charge is 0.152 e. The first-order valence-corrected chi connectivity index (χ1v) is 12.3. The van der Waals surface area contributed by atoms with Crippen molar-refractivity contribution >= 4 is 15.5 Å². The summed E-state index contributed by atoms with van der Waals surface area (Å²) in [6.45, 7) is 4.75. The first kappa shape index (κ1) is 23.2. The molecule has 1 aromatic carbocycles. The fourth-order valence-electron chi connectivity index (χ4n) is 4.06. The van der Waals surface area contributed by atoms with Crippen LogP contribution in [0.2, 0.25) is 0 Å². The Morgan fingerprint density at radius 2 is 1.50 bits per heavy atom. The molecule has 0 amide bonds. The molecule has 0 aromatic heterocycles. The van der Waals surface area contributed by atoms with E-state index in [-0.39, 0.29) is 18.5 Å². The predicted molar refractivity (Wildman–Crippen MR) is 116 cm³/mol. The SMILES string of the molecule is CC(C)S(=O)(=O)CC1CCC(CCc2ccc(N(CCO)CCO)cc2)CC1. The van der Waals surface area contributed by atoms with E-state index in [9.17, 15) is 8.42 Å². The zero-order chi connectivity index (χ0) is 20.6. The summed E-state index contributed by atoms with van der Waals surface area (Å²) in [6.07, 6.45) is 6.54. The molecule has 2 N–H and O–H groups in total. The van der Waals surface area contributed by atoms with Crippen molar-refractivity contribution in [3.8, 4) is 0 Å². The number of aliphatic hydroxyl groups excluding tert-OH is 2. The van der Waals surface area contributed by atoms with E-state index in [1.807, 2.05) is 4.90 Å². The summed E-state index contributed by atoms with van der Waals surface area (Å²) >= 11 is 0. The summed E-state index contributed by atoms with van der Waals surface area (Å²) in [5.41, 5.74) is 2.33. The maximum absolute atomic E-state index is 12.1. The molecule has 0 aliphatic heterocycles. The third-order valence-electron chi connectivity index (χ3n) is 6.04. The number of hydrogen-bond donors (Lipinski definition) is 2. The van der Waals surface area contributed by atoms with Crippen molar-refractivity contribution in [2.24, 2.45) is 11.8 Å². The van der Waals surface area contributed by atoms with Crippen molar-refractivity contribution in [1.82, 2.24) is 0 Å². The first-order chi connectivity index (χ1) is 13.4. The number of hydrogen-bond acceptors (Lipinski definition) is 5. The van der Waals surface area contributed by atoms with Crippen molar-refractivity contribution in [3.63, 3.8) is 0 Å². The van der Waals surface area contributed by atoms with Crippen LogP contribution in [0.25, 0.3) is 0 Å². The molecule has 2 rings (SSSR count). The van der Waals surface area contributed by atoms with E-state index in [0.717, 1.165) is 44.2 Å². The van der Waals surface area contributed by atoms with Gasteiger partial charge in [0.25, 0.3) is 0 Å². The van der Waals surface area contributed by atoms with Gasteiger partial charge in [0.2, 0.25) is 0 Å². The highest BCUT2D eigenvalue weighted by atomic mass is 32.2. The highest BCUT2D eigenvalue weighted by Gasteiger charge is 2.27. The minimum atomic E-state index is -2.93. The minimum Gasteiger partial charge on any atom is -0.395 e. The molecule has 5 nitrogen and oxygen atoms in total. The number of sulfone groups is 1. The zero-order valence-corrected chi connectivity index (χ0v) is 18.2. The van der Waals surface area contributed by atoms with E-state index in [4.69, 9.17) is 10.2 Å². The predicted octanol–water partition coefficient (Wildman–Crippen LogP) is 3.04. The highest BCUT2D eigenvalue weighted by molar-refractivity contribution is 7.91. The minimum absolute atomic E-state index is 0.0723. The van der Waals surface area contributed by atoms with Gasteiger partial charge in [-0.05, 0) is 69.1 Å². The Morgan fingerprint density at radius 1 is 0.964 bits per heavy atom. The van der Waals surface area contributed by atoms with Gasteiger partial charge in [-0.2, -0.15) is 0 Å². The zero-order valence-electron chi connectivity index (χ0n) is 17.4. The van der Waals surface area contributed by atoms with Crippen LogP contribution in [0.4, 0.5) is 5.69 Å². The van der Waals surface area contributed by atoms with Crippen molar-refractivity contribution in [1.29, 1.82) is 0 Å². The van der Waals surface area contributed by atoms with Crippen LogP contribution in [0.3, 0.4) is 0 Å². The highest BCUT2D eigenvalue weighted by Crippen LogP contribution is 2.33. The standard InChI is InChI=1S/C22H37NO4S/c1-18(2)28(26,27)17-21-7-5-19(6-8-21)3-4-20-9-11-22(12-10-20)23(13-15-24)14-16-25/h9-12,18-19,21,24-25H,3-8,13-17H2,1-2H3. The third kappa shape index (κ3) is 7.05. The molecule has 160 valence electrons. The molecule has 1 fully saturated rings. The van der Waals surface area contributed by atoms with E-state index >= 15 is 0 Å². The fraction of sp³-hybridized carbons (Fsp3) is 0.727. The summed E-state index contributed by atoms with van der Waals surface area (Å²) in [6, 6.07) is 8.40. The van der Waals surface area contributed by atoms with Gasteiger partial charge < -0.3 is 15.1 Å². The molecule has 0 bridgehead atoms. The van der Waals surface area contributed by atoms with Gasteiger partial charge in [0.05, 0.1) is 24.2 Å². The van der Waals surface area contributed by atoms with Crippen LogP contribution in [0.5, 0.6) is 0 Å². The van der Waals surface area contributed by atoms with E-state index < -0.39 is 9.84 Å². The lowest BCUT2D eigenvalue weighted by Crippen LogP contribution is -2.29. The average Bonchev–Trinajstić information content (AvgIpc) is 2.67. The van der Waals surface area contributed by atoms with Gasteiger partial charge in [0.1, 0.15) is 0 Å². The fourth-order valence-corrected chi connectivity index (χ4v) is 5.44. The van der Waals surface area contributed by atoms with Crippen molar-refractivity contribution in [2.45, 2.75) is 57.6 Å². The molecular weight excluding hydrogens is 374 g/mol. The first-order valence-electron chi connectivity index (χ1n) is 10.6. The molecule has 1 aliphatic carbocycles. The Morgan fingerprint density at radius 3 is 2.00 bits per heavy atom. The molecule has 0 saturated heterocycles. The molecule has 0 unspecified atom stereocenters. The number of rotatable bonds is 11. The van der Waals surface area contributed by atoms with Crippen LogP contribution in [-0.2, 0) is 16.3 Å². The molecule has 1 aliphatic rings. The molecule has 0 spiro atoms. The van der Waals surface area contributed by atoms with Gasteiger partial charge in [-0.25, -0.2) is 8.42 Å². The average molecular weight is 412 g/mol. The largest absolute Gasteiger partial charge is 0.395 e. The molecular formula is C22H37NO4S. The van der Waals surface area contributed by atoms with Gasteiger partial charge in [0, 0.05) is 18.8 Å². The van der Waals surface area contributed by atoms with Crippen LogP contribution in [0, 0.1) is 11.8 Å². The Kier molecular flexibility index (Phi) is 9.25. The molecule has 1 saturated carbocycles. The van der Waals surface area contributed by atoms with Crippen LogP contribution >= 0.6 is 0 Å². The monoisotopic (exact) mass is 411 g/mol. The van der Waals surface area contributed by atoms with E-state index in [1.165, 1.54) is 5.56 Å². The lowest BCUT2D eigenvalue weighted by atomic mass is 9.80. The number of aryl methyl sites for hydroxylation is 1. The topological polar surface area (TPSA) is 77.8 Å². The maximum atomic E-state index is 12.1. The Labute approximate surface area is 170 Å². The lowest BCUT2D eigenvalue weighted by Gasteiger charge is -2.29. The van der Waals surface area contributed by atoms with Crippen LogP contribution < -0.4 is 4.90 Å². The maximum Gasteiger partial charge on any atom is 0.152 e. The molecule has 1 aromatic rings. The van der Waals surface area contributed by atoms with Gasteiger partial charge in [-0.15, -0.1) is 0 Å². The van der Waals surface area contributed by atoms with Gasteiger partial charge in [-0.3, -0.25) is 0 Å². The summed E-state index contributed by atoms with van der Waals surface area (Å²) in [5.74, 6) is 1.39. The normalized spacial score (nSPS) is 20.5. The van der Waals surface area contributed by atoms with Crippen molar-refractivity contribution in [3.05, 3.63) is 29.8 Å². The summed E-state index contributed by atoms with van der Waals surface area (Å²) in [5, 5.41) is 18.1. The molecule has 0 heterocycles. The molecule has 0 radical (unpaired) electrons. The second kappa shape index (κ2) is 11.2. The quantitative estimate of drug-likeness (QED) is 0.585. The third-order valence-corrected chi connectivity index (χ3v) is 8.41. The molecule has 28 heavy (non-hydrogen) atoms. The van der Waals surface area contributed by atoms with E-state index in [0.29, 0.717) is 30.7 Å². The van der Waals surface area contributed by atoms with Crippen LogP contribution in [0.15, 0.2) is 24.3 Å². The van der Waals surface area contributed by atoms with Crippen LogP contribution in [-0.4, -0.2) is 55.9 Å². The number of aliphatic hydroxyl groups is 2. The lowest BCUT2D eigenvalue weighted by molar-refractivity contribution is 0.278. The number of anilines is 1. The summed E-state index contributed by atoms with van der Waals surface area (Å²) < 4.78 is 24.2. The summed E-state index contributed by atoms with van der Waals surface area (Å²) in [7, 11) is -2.93. The second-order valence-electron chi connectivity index (χ2n) is 8.40. The van der Waals surface area contributed by atoms with Crippen molar-refractivity contribution in [2.75, 3.05) is 37.0 Å².